The zero-order valence-corrected chi connectivity index (χ0v) is 15.1. The molecule has 142 valence electrons. The van der Waals surface area contributed by atoms with Crippen molar-refractivity contribution in [2.24, 2.45) is 0 Å². The van der Waals surface area contributed by atoms with Crippen LogP contribution in [0.2, 0.25) is 0 Å². The Morgan fingerprint density at radius 2 is 1.89 bits per heavy atom. The maximum Gasteiger partial charge on any atom is 0.313 e. The van der Waals surface area contributed by atoms with Crippen molar-refractivity contribution in [2.75, 3.05) is 31.6 Å². The number of aromatic nitrogens is 2. The van der Waals surface area contributed by atoms with E-state index < -0.39 is 11.8 Å². The molecule has 1 saturated heterocycles. The first-order chi connectivity index (χ1) is 13.1. The van der Waals surface area contributed by atoms with Gasteiger partial charge in [-0.25, -0.2) is 4.98 Å². The number of hydrogen-bond donors (Lipinski definition) is 1. The Kier molecular flexibility index (Phi) is 4.89. The smallest absolute Gasteiger partial charge is 0.313 e. The SMILES string of the molecule is O=C(Nc1ccc2nc3n(c(=O)c2c1)CCCCC3)C(=O)N1CCOCC1. The van der Waals surface area contributed by atoms with Crippen LogP contribution in [0, 0.1) is 0 Å². The van der Waals surface area contributed by atoms with Crippen molar-refractivity contribution < 1.29 is 14.3 Å². The fraction of sp³-hybridized carbons (Fsp3) is 0.474. The van der Waals surface area contributed by atoms with Gasteiger partial charge in [0.15, 0.2) is 0 Å². The average Bonchev–Trinajstić information content (AvgIpc) is 2.94. The molecule has 1 N–H and O–H groups in total. The summed E-state index contributed by atoms with van der Waals surface area (Å²) in [5, 5.41) is 3.06. The number of benzene rings is 1. The molecular formula is C19H22N4O4. The van der Waals surface area contributed by atoms with Gasteiger partial charge in [-0.3, -0.25) is 19.0 Å². The molecule has 1 aromatic carbocycles. The summed E-state index contributed by atoms with van der Waals surface area (Å²) in [7, 11) is 0. The highest BCUT2D eigenvalue weighted by Gasteiger charge is 2.24. The van der Waals surface area contributed by atoms with Crippen LogP contribution < -0.4 is 10.9 Å². The molecule has 0 aliphatic carbocycles. The Balaban J connectivity index is 1.59. The number of nitrogens with zero attached hydrogens (tertiary/aromatic N) is 3. The molecule has 4 rings (SSSR count). The van der Waals surface area contributed by atoms with E-state index in [9.17, 15) is 14.4 Å². The van der Waals surface area contributed by atoms with E-state index in [1.807, 2.05) is 0 Å². The van der Waals surface area contributed by atoms with Crippen molar-refractivity contribution in [3.8, 4) is 0 Å². The van der Waals surface area contributed by atoms with Crippen LogP contribution in [0.15, 0.2) is 23.0 Å². The number of hydrogen-bond acceptors (Lipinski definition) is 5. The highest BCUT2D eigenvalue weighted by molar-refractivity contribution is 6.39. The van der Waals surface area contributed by atoms with Crippen LogP contribution in [0.1, 0.15) is 25.1 Å². The Bertz CT molecular complexity index is 947. The fourth-order valence-electron chi connectivity index (χ4n) is 3.59. The summed E-state index contributed by atoms with van der Waals surface area (Å²) in [5.74, 6) is -0.474. The third kappa shape index (κ3) is 3.57. The molecule has 8 nitrogen and oxygen atoms in total. The number of fused-ring (bicyclic) bond motifs is 2. The molecule has 8 heteroatoms. The Labute approximate surface area is 156 Å². The zero-order chi connectivity index (χ0) is 18.8. The number of amides is 2. The molecule has 3 heterocycles. The van der Waals surface area contributed by atoms with Gasteiger partial charge in [0.1, 0.15) is 5.82 Å². The normalized spacial score (nSPS) is 17.3. The fourth-order valence-corrected chi connectivity index (χ4v) is 3.59. The first kappa shape index (κ1) is 17.7. The second-order valence-electron chi connectivity index (χ2n) is 6.89. The van der Waals surface area contributed by atoms with Gasteiger partial charge in [-0.2, -0.15) is 0 Å². The van der Waals surface area contributed by atoms with Crippen LogP contribution in [-0.2, 0) is 27.3 Å². The minimum Gasteiger partial charge on any atom is -0.378 e. The molecule has 0 bridgehead atoms. The lowest BCUT2D eigenvalue weighted by Gasteiger charge is -2.26. The van der Waals surface area contributed by atoms with E-state index in [2.05, 4.69) is 10.3 Å². The van der Waals surface area contributed by atoms with Crippen LogP contribution in [-0.4, -0.2) is 52.6 Å². The van der Waals surface area contributed by atoms with Crippen LogP contribution in [0.4, 0.5) is 5.69 Å². The third-order valence-electron chi connectivity index (χ3n) is 5.07. The molecule has 0 spiro atoms. The topological polar surface area (TPSA) is 93.5 Å². The van der Waals surface area contributed by atoms with E-state index in [0.717, 1.165) is 31.5 Å². The van der Waals surface area contributed by atoms with Crippen molar-refractivity contribution in [1.29, 1.82) is 0 Å². The van der Waals surface area contributed by atoms with Crippen molar-refractivity contribution in [3.05, 3.63) is 34.4 Å². The van der Waals surface area contributed by atoms with Gasteiger partial charge < -0.3 is 15.0 Å². The number of aryl methyl sites for hydroxylation is 1. The molecule has 27 heavy (non-hydrogen) atoms. The summed E-state index contributed by atoms with van der Waals surface area (Å²) in [5.41, 5.74) is 0.945. The van der Waals surface area contributed by atoms with Crippen molar-refractivity contribution >= 4 is 28.4 Å². The maximum absolute atomic E-state index is 12.9. The summed E-state index contributed by atoms with van der Waals surface area (Å²) in [4.78, 5) is 43.5. The first-order valence-electron chi connectivity index (χ1n) is 9.35. The average molecular weight is 370 g/mol. The molecule has 1 fully saturated rings. The molecule has 1 aromatic heterocycles. The van der Waals surface area contributed by atoms with Crippen molar-refractivity contribution in [3.63, 3.8) is 0 Å². The molecule has 0 atom stereocenters. The van der Waals surface area contributed by atoms with Gasteiger partial charge in [0, 0.05) is 31.7 Å². The van der Waals surface area contributed by atoms with Gasteiger partial charge in [0.05, 0.1) is 24.1 Å². The van der Waals surface area contributed by atoms with Crippen molar-refractivity contribution in [1.82, 2.24) is 14.5 Å². The number of carbonyl (C=O) groups excluding carboxylic acids is 2. The van der Waals surface area contributed by atoms with Gasteiger partial charge >= 0.3 is 11.8 Å². The van der Waals surface area contributed by atoms with E-state index in [1.54, 1.807) is 22.8 Å². The number of morpholine rings is 1. The van der Waals surface area contributed by atoms with E-state index in [4.69, 9.17) is 4.74 Å². The quantitative estimate of drug-likeness (QED) is 0.754. The lowest BCUT2D eigenvalue weighted by molar-refractivity contribution is -0.145. The molecule has 2 aromatic rings. The predicted octanol–water partition coefficient (Wildman–Crippen LogP) is 0.920. The molecule has 2 amide bonds. The molecule has 2 aliphatic heterocycles. The maximum atomic E-state index is 12.9. The van der Waals surface area contributed by atoms with Crippen LogP contribution in [0.5, 0.6) is 0 Å². The monoisotopic (exact) mass is 370 g/mol. The molecular weight excluding hydrogens is 348 g/mol. The van der Waals surface area contributed by atoms with E-state index in [-0.39, 0.29) is 5.56 Å². The van der Waals surface area contributed by atoms with Gasteiger partial charge in [0.2, 0.25) is 0 Å². The molecule has 2 aliphatic rings. The first-order valence-corrected chi connectivity index (χ1v) is 9.35. The van der Waals surface area contributed by atoms with Gasteiger partial charge in [-0.15, -0.1) is 0 Å². The Hall–Kier alpha value is -2.74. The standard InChI is InChI=1S/C19H22N4O4/c24-17(19(26)22-8-10-27-11-9-22)20-13-5-6-15-14(12-13)18(25)23-7-3-1-2-4-16(23)21-15/h5-6,12H,1-4,7-11H2,(H,20,24). The second kappa shape index (κ2) is 7.48. The van der Waals surface area contributed by atoms with Crippen LogP contribution in [0.3, 0.4) is 0 Å². The minimum absolute atomic E-state index is 0.0903. The Morgan fingerprint density at radius 3 is 2.70 bits per heavy atom. The van der Waals surface area contributed by atoms with E-state index >= 15 is 0 Å². The van der Waals surface area contributed by atoms with Gasteiger partial charge in [0.25, 0.3) is 5.56 Å². The zero-order valence-electron chi connectivity index (χ0n) is 15.1. The van der Waals surface area contributed by atoms with Gasteiger partial charge in [-0.05, 0) is 31.0 Å². The highest BCUT2D eigenvalue weighted by atomic mass is 16.5. The van der Waals surface area contributed by atoms with Crippen molar-refractivity contribution in [2.45, 2.75) is 32.2 Å². The van der Waals surface area contributed by atoms with Crippen LogP contribution in [0.25, 0.3) is 10.9 Å². The van der Waals surface area contributed by atoms with Crippen LogP contribution >= 0.6 is 0 Å². The number of carbonyl (C=O) groups is 2. The van der Waals surface area contributed by atoms with Gasteiger partial charge in [-0.1, -0.05) is 6.42 Å². The third-order valence-corrected chi connectivity index (χ3v) is 5.07. The second-order valence-corrected chi connectivity index (χ2v) is 6.89. The molecule has 0 saturated carbocycles. The summed E-state index contributed by atoms with van der Waals surface area (Å²) in [6.07, 6.45) is 3.89. The number of rotatable bonds is 1. The van der Waals surface area contributed by atoms with E-state index in [1.165, 1.54) is 4.90 Å². The summed E-state index contributed by atoms with van der Waals surface area (Å²) >= 11 is 0. The number of ether oxygens (including phenoxy) is 1. The minimum atomic E-state index is -0.709. The summed E-state index contributed by atoms with van der Waals surface area (Å²) < 4.78 is 6.93. The molecule has 0 radical (unpaired) electrons. The lowest BCUT2D eigenvalue weighted by Crippen LogP contribution is -2.45. The summed E-state index contributed by atoms with van der Waals surface area (Å²) in [6.45, 7) is 2.34. The largest absolute Gasteiger partial charge is 0.378 e. The predicted molar refractivity (Wildman–Crippen MR) is 99.6 cm³/mol. The number of anilines is 1. The Morgan fingerprint density at radius 1 is 1.07 bits per heavy atom. The highest BCUT2D eigenvalue weighted by Crippen LogP contribution is 2.18. The summed E-state index contributed by atoms with van der Waals surface area (Å²) in [6, 6.07) is 5.00. The molecule has 0 unspecified atom stereocenters. The lowest BCUT2D eigenvalue weighted by atomic mass is 10.2. The van der Waals surface area contributed by atoms with E-state index in [0.29, 0.717) is 49.4 Å². The number of nitrogens with one attached hydrogen (secondary N) is 1.